The number of nitrogens with zero attached hydrogens (tertiary/aromatic N) is 1. The maximum Gasteiger partial charge on any atom is 0.246 e. The van der Waals surface area contributed by atoms with Gasteiger partial charge in [0.15, 0.2) is 5.96 Å². The van der Waals surface area contributed by atoms with E-state index in [4.69, 9.17) is 5.73 Å². The molecule has 1 aromatic carbocycles. The summed E-state index contributed by atoms with van der Waals surface area (Å²) in [6, 6.07) is 5.55. The van der Waals surface area contributed by atoms with Crippen LogP contribution < -0.4 is 16.4 Å². The molecule has 0 aliphatic carbocycles. The van der Waals surface area contributed by atoms with E-state index in [0.717, 1.165) is 19.4 Å². The number of halogens is 1. The minimum Gasteiger partial charge on any atom is -0.370 e. The quantitative estimate of drug-likeness (QED) is 0.391. The first kappa shape index (κ1) is 16.9. The van der Waals surface area contributed by atoms with Crippen LogP contribution in [0.2, 0.25) is 0 Å². The molecule has 5 nitrogen and oxygen atoms in total. The number of nitrogens with one attached hydrogen (secondary N) is 2. The van der Waals surface area contributed by atoms with E-state index in [1.165, 1.54) is 37.1 Å². The van der Waals surface area contributed by atoms with Gasteiger partial charge in [0.25, 0.3) is 0 Å². The number of carbonyl (C=O) groups excluding carboxylic acids is 1. The van der Waals surface area contributed by atoms with E-state index in [0.29, 0.717) is 5.69 Å². The summed E-state index contributed by atoms with van der Waals surface area (Å²) in [6.45, 7) is 2.85. The van der Waals surface area contributed by atoms with Crippen molar-refractivity contribution < 1.29 is 9.18 Å². The van der Waals surface area contributed by atoms with Gasteiger partial charge >= 0.3 is 0 Å². The van der Waals surface area contributed by atoms with E-state index in [-0.39, 0.29) is 24.2 Å². The van der Waals surface area contributed by atoms with Crippen LogP contribution in [-0.4, -0.2) is 25.0 Å². The number of nitrogens with two attached hydrogens (primary N) is 1. The average molecular weight is 294 g/mol. The van der Waals surface area contributed by atoms with Crippen molar-refractivity contribution in [3.63, 3.8) is 0 Å². The van der Waals surface area contributed by atoms with E-state index in [1.54, 1.807) is 0 Å². The minimum atomic E-state index is -0.345. The van der Waals surface area contributed by atoms with Gasteiger partial charge in [-0.25, -0.2) is 9.38 Å². The Bertz CT molecular complexity index is 459. The summed E-state index contributed by atoms with van der Waals surface area (Å²) in [5.74, 6) is -0.374. The highest BCUT2D eigenvalue weighted by atomic mass is 19.1. The van der Waals surface area contributed by atoms with Crippen LogP contribution in [0.4, 0.5) is 10.1 Å². The molecule has 6 heteroatoms. The summed E-state index contributed by atoms with van der Waals surface area (Å²) < 4.78 is 12.7. The molecule has 0 aliphatic rings. The molecule has 0 fully saturated rings. The molecule has 0 heterocycles. The molecule has 4 N–H and O–H groups in total. The SMILES string of the molecule is CCCCCCNC(N)=NCC(=O)Nc1ccc(F)cc1. The van der Waals surface area contributed by atoms with Gasteiger partial charge in [-0.1, -0.05) is 26.2 Å². The Morgan fingerprint density at radius 1 is 1.24 bits per heavy atom. The molecule has 0 spiro atoms. The molecule has 1 aromatic rings. The molecule has 0 aromatic heterocycles. The number of carbonyl (C=O) groups is 1. The summed E-state index contributed by atoms with van der Waals surface area (Å²) in [4.78, 5) is 15.6. The zero-order valence-corrected chi connectivity index (χ0v) is 12.4. The van der Waals surface area contributed by atoms with Crippen LogP contribution in [0.1, 0.15) is 32.6 Å². The first-order valence-electron chi connectivity index (χ1n) is 7.21. The topological polar surface area (TPSA) is 79.5 Å². The van der Waals surface area contributed by atoms with E-state index in [9.17, 15) is 9.18 Å². The van der Waals surface area contributed by atoms with Crippen molar-refractivity contribution in [2.75, 3.05) is 18.4 Å². The highest BCUT2D eigenvalue weighted by Crippen LogP contribution is 2.07. The average Bonchev–Trinajstić information content (AvgIpc) is 2.47. The fourth-order valence-electron chi connectivity index (χ4n) is 1.71. The lowest BCUT2D eigenvalue weighted by Crippen LogP contribution is -2.33. The molecule has 1 rings (SSSR count). The standard InChI is InChI=1S/C15H23FN4O/c1-2-3-4-5-10-18-15(17)19-11-14(21)20-13-8-6-12(16)7-9-13/h6-9H,2-5,10-11H2,1H3,(H,20,21)(H3,17,18,19). The summed E-state index contributed by atoms with van der Waals surface area (Å²) in [6.07, 6.45) is 4.58. The summed E-state index contributed by atoms with van der Waals surface area (Å²) >= 11 is 0. The fraction of sp³-hybridized carbons (Fsp3) is 0.467. The van der Waals surface area contributed by atoms with Crippen molar-refractivity contribution in [2.24, 2.45) is 10.7 Å². The molecule has 0 atom stereocenters. The van der Waals surface area contributed by atoms with Crippen LogP contribution in [0, 0.1) is 5.82 Å². The van der Waals surface area contributed by atoms with Crippen LogP contribution >= 0.6 is 0 Å². The maximum absolute atomic E-state index is 12.7. The van der Waals surface area contributed by atoms with E-state index in [1.807, 2.05) is 0 Å². The Kier molecular flexibility index (Phi) is 7.86. The molecule has 0 saturated heterocycles. The third-order valence-corrected chi connectivity index (χ3v) is 2.86. The largest absolute Gasteiger partial charge is 0.370 e. The Balaban J connectivity index is 2.24. The zero-order valence-electron chi connectivity index (χ0n) is 12.4. The van der Waals surface area contributed by atoms with Crippen molar-refractivity contribution in [1.82, 2.24) is 5.32 Å². The van der Waals surface area contributed by atoms with Crippen LogP contribution in [0.25, 0.3) is 0 Å². The summed E-state index contributed by atoms with van der Waals surface area (Å²) in [5, 5.41) is 5.58. The lowest BCUT2D eigenvalue weighted by molar-refractivity contribution is -0.114. The third kappa shape index (κ3) is 7.91. The molecular formula is C15H23FN4O. The van der Waals surface area contributed by atoms with Crippen LogP contribution in [-0.2, 0) is 4.79 Å². The second-order valence-electron chi connectivity index (χ2n) is 4.74. The number of anilines is 1. The maximum atomic E-state index is 12.7. The van der Waals surface area contributed by atoms with E-state index >= 15 is 0 Å². The first-order chi connectivity index (χ1) is 10.1. The van der Waals surface area contributed by atoms with Gasteiger partial charge in [-0.3, -0.25) is 4.79 Å². The van der Waals surface area contributed by atoms with E-state index in [2.05, 4.69) is 22.5 Å². The Labute approximate surface area is 124 Å². The number of amides is 1. The second kappa shape index (κ2) is 9.74. The summed E-state index contributed by atoms with van der Waals surface area (Å²) in [5.41, 5.74) is 6.19. The van der Waals surface area contributed by atoms with E-state index < -0.39 is 0 Å². The van der Waals surface area contributed by atoms with Gasteiger partial charge in [-0.2, -0.15) is 0 Å². The third-order valence-electron chi connectivity index (χ3n) is 2.86. The highest BCUT2D eigenvalue weighted by Gasteiger charge is 2.02. The number of unbranched alkanes of at least 4 members (excludes halogenated alkanes) is 3. The van der Waals surface area contributed by atoms with Gasteiger partial charge in [0.2, 0.25) is 5.91 Å². The van der Waals surface area contributed by atoms with Crippen molar-refractivity contribution in [3.05, 3.63) is 30.1 Å². The zero-order chi connectivity index (χ0) is 15.5. The molecule has 116 valence electrons. The molecule has 21 heavy (non-hydrogen) atoms. The van der Waals surface area contributed by atoms with Gasteiger partial charge in [0.05, 0.1) is 0 Å². The minimum absolute atomic E-state index is 0.0643. The second-order valence-corrected chi connectivity index (χ2v) is 4.74. The number of hydrogen-bond acceptors (Lipinski definition) is 2. The fourth-order valence-corrected chi connectivity index (χ4v) is 1.71. The molecule has 0 saturated carbocycles. The van der Waals surface area contributed by atoms with Crippen molar-refractivity contribution >= 4 is 17.6 Å². The Morgan fingerprint density at radius 3 is 2.62 bits per heavy atom. The van der Waals surface area contributed by atoms with Gasteiger partial charge in [0.1, 0.15) is 12.4 Å². The molecule has 0 radical (unpaired) electrons. The van der Waals surface area contributed by atoms with Crippen LogP contribution in [0.5, 0.6) is 0 Å². The smallest absolute Gasteiger partial charge is 0.246 e. The van der Waals surface area contributed by atoms with Crippen LogP contribution in [0.15, 0.2) is 29.3 Å². The highest BCUT2D eigenvalue weighted by molar-refractivity contribution is 5.93. The summed E-state index contributed by atoms with van der Waals surface area (Å²) in [7, 11) is 0. The Hall–Kier alpha value is -2.11. The number of hydrogen-bond donors (Lipinski definition) is 3. The predicted molar refractivity (Wildman–Crippen MR) is 83.7 cm³/mol. The number of guanidine groups is 1. The van der Waals surface area contributed by atoms with Gasteiger partial charge < -0.3 is 16.4 Å². The van der Waals surface area contributed by atoms with Crippen molar-refractivity contribution in [3.8, 4) is 0 Å². The first-order valence-corrected chi connectivity index (χ1v) is 7.21. The lowest BCUT2D eigenvalue weighted by Gasteiger charge is -2.06. The van der Waals surface area contributed by atoms with Gasteiger partial charge in [-0.05, 0) is 30.7 Å². The molecule has 0 unspecified atom stereocenters. The van der Waals surface area contributed by atoms with Crippen LogP contribution in [0.3, 0.4) is 0 Å². The molecule has 1 amide bonds. The lowest BCUT2D eigenvalue weighted by atomic mass is 10.2. The normalized spacial score (nSPS) is 11.2. The Morgan fingerprint density at radius 2 is 1.95 bits per heavy atom. The monoisotopic (exact) mass is 294 g/mol. The predicted octanol–water partition coefficient (Wildman–Crippen LogP) is 2.25. The van der Waals surface area contributed by atoms with Crippen molar-refractivity contribution in [2.45, 2.75) is 32.6 Å². The van der Waals surface area contributed by atoms with Crippen molar-refractivity contribution in [1.29, 1.82) is 0 Å². The van der Waals surface area contributed by atoms with Gasteiger partial charge in [0, 0.05) is 12.2 Å². The van der Waals surface area contributed by atoms with Gasteiger partial charge in [-0.15, -0.1) is 0 Å². The molecule has 0 bridgehead atoms. The number of aliphatic imine (C=N–C) groups is 1. The molecular weight excluding hydrogens is 271 g/mol. The number of benzene rings is 1. The number of rotatable bonds is 8. The molecule has 0 aliphatic heterocycles.